The summed E-state index contributed by atoms with van der Waals surface area (Å²) < 4.78 is 1.77. The number of nitrogens with two attached hydrogens (primary N) is 1. The number of rotatable bonds is 4. The molecule has 0 aliphatic carbocycles. The van der Waals surface area contributed by atoms with Crippen molar-refractivity contribution in [1.82, 2.24) is 24.7 Å². The van der Waals surface area contributed by atoms with E-state index in [4.69, 9.17) is 5.73 Å². The van der Waals surface area contributed by atoms with Crippen molar-refractivity contribution in [2.24, 2.45) is 0 Å². The van der Waals surface area contributed by atoms with Gasteiger partial charge in [-0.3, -0.25) is 0 Å². The topological polar surface area (TPSA) is 82.5 Å². The highest BCUT2D eigenvalue weighted by atomic mass is 15.4. The van der Waals surface area contributed by atoms with Crippen LogP contribution in [0.5, 0.6) is 0 Å². The summed E-state index contributed by atoms with van der Waals surface area (Å²) in [6, 6.07) is 1.74. The zero-order valence-corrected chi connectivity index (χ0v) is 11.9. The van der Waals surface area contributed by atoms with Crippen LogP contribution in [0.25, 0.3) is 5.82 Å². The Balaban J connectivity index is 2.54. The number of nitrogens with zero attached hydrogens (tertiary/aromatic N) is 5. The molecule has 0 saturated heterocycles. The zero-order valence-electron chi connectivity index (χ0n) is 11.9. The molecule has 0 fully saturated rings. The Morgan fingerprint density at radius 3 is 2.47 bits per heavy atom. The molecule has 0 unspecified atom stereocenters. The van der Waals surface area contributed by atoms with E-state index in [0.717, 1.165) is 30.3 Å². The molecule has 0 saturated carbocycles. The SMILES string of the molecule is CCc1nc(CC)n(-c2cc(N)nc(C(C)C)n2)n1. The second-order valence-corrected chi connectivity index (χ2v) is 4.73. The molecule has 102 valence electrons. The van der Waals surface area contributed by atoms with Crippen molar-refractivity contribution < 1.29 is 0 Å². The normalized spacial score (nSPS) is 11.2. The molecule has 2 rings (SSSR count). The van der Waals surface area contributed by atoms with Crippen LogP contribution in [0.3, 0.4) is 0 Å². The lowest BCUT2D eigenvalue weighted by Crippen LogP contribution is -2.10. The third-order valence-corrected chi connectivity index (χ3v) is 2.83. The summed E-state index contributed by atoms with van der Waals surface area (Å²) >= 11 is 0. The highest BCUT2D eigenvalue weighted by Crippen LogP contribution is 2.16. The smallest absolute Gasteiger partial charge is 0.161 e. The average molecular weight is 260 g/mol. The van der Waals surface area contributed by atoms with Gasteiger partial charge in [-0.2, -0.15) is 4.68 Å². The van der Waals surface area contributed by atoms with Gasteiger partial charge >= 0.3 is 0 Å². The van der Waals surface area contributed by atoms with Crippen molar-refractivity contribution in [3.05, 3.63) is 23.5 Å². The third kappa shape index (κ3) is 2.72. The van der Waals surface area contributed by atoms with Crippen molar-refractivity contribution in [2.45, 2.75) is 46.5 Å². The van der Waals surface area contributed by atoms with Crippen LogP contribution < -0.4 is 5.73 Å². The second kappa shape index (κ2) is 5.34. The van der Waals surface area contributed by atoms with Crippen LogP contribution in [-0.4, -0.2) is 24.7 Å². The fourth-order valence-corrected chi connectivity index (χ4v) is 1.79. The lowest BCUT2D eigenvalue weighted by molar-refractivity contribution is 0.724. The van der Waals surface area contributed by atoms with E-state index in [-0.39, 0.29) is 5.92 Å². The maximum Gasteiger partial charge on any atom is 0.161 e. The molecule has 0 radical (unpaired) electrons. The molecule has 0 spiro atoms. The molecule has 0 aliphatic heterocycles. The van der Waals surface area contributed by atoms with Crippen LogP contribution in [0.1, 0.15) is 51.1 Å². The van der Waals surface area contributed by atoms with Gasteiger partial charge in [-0.1, -0.05) is 27.7 Å². The van der Waals surface area contributed by atoms with Crippen LogP contribution in [0.15, 0.2) is 6.07 Å². The summed E-state index contributed by atoms with van der Waals surface area (Å²) in [4.78, 5) is 13.3. The molecule has 6 nitrogen and oxygen atoms in total. The Morgan fingerprint density at radius 2 is 1.89 bits per heavy atom. The maximum atomic E-state index is 5.85. The summed E-state index contributed by atoms with van der Waals surface area (Å²) in [5, 5.41) is 4.47. The number of aromatic nitrogens is 5. The second-order valence-electron chi connectivity index (χ2n) is 4.73. The Hall–Kier alpha value is -1.98. The summed E-state index contributed by atoms with van der Waals surface area (Å²) in [5.74, 6) is 3.82. The van der Waals surface area contributed by atoms with Gasteiger partial charge < -0.3 is 5.73 Å². The minimum atomic E-state index is 0.224. The average Bonchev–Trinajstić information content (AvgIpc) is 2.81. The van der Waals surface area contributed by atoms with Gasteiger partial charge in [0.2, 0.25) is 0 Å². The van der Waals surface area contributed by atoms with Crippen molar-refractivity contribution in [1.29, 1.82) is 0 Å². The quantitative estimate of drug-likeness (QED) is 0.907. The lowest BCUT2D eigenvalue weighted by atomic mass is 10.2. The van der Waals surface area contributed by atoms with Gasteiger partial charge in [-0.05, 0) is 0 Å². The minimum Gasteiger partial charge on any atom is -0.384 e. The zero-order chi connectivity index (χ0) is 14.0. The Labute approximate surface area is 113 Å². The number of nitrogen functional groups attached to an aromatic ring is 1. The lowest BCUT2D eigenvalue weighted by Gasteiger charge is -2.09. The first-order chi connectivity index (χ1) is 9.05. The van der Waals surface area contributed by atoms with Gasteiger partial charge in [-0.15, -0.1) is 5.10 Å². The number of anilines is 1. The summed E-state index contributed by atoms with van der Waals surface area (Å²) in [7, 11) is 0. The molecule has 6 heteroatoms. The molecule has 2 aromatic rings. The molecule has 0 bridgehead atoms. The molecule has 2 heterocycles. The monoisotopic (exact) mass is 260 g/mol. The Bertz CT molecular complexity index is 573. The van der Waals surface area contributed by atoms with Crippen LogP contribution in [0.4, 0.5) is 5.82 Å². The van der Waals surface area contributed by atoms with E-state index < -0.39 is 0 Å². The van der Waals surface area contributed by atoms with Crippen molar-refractivity contribution >= 4 is 5.82 Å². The van der Waals surface area contributed by atoms with E-state index in [9.17, 15) is 0 Å². The van der Waals surface area contributed by atoms with E-state index in [0.29, 0.717) is 11.6 Å². The summed E-state index contributed by atoms with van der Waals surface area (Å²) in [6.45, 7) is 8.16. The first-order valence-corrected chi connectivity index (χ1v) is 6.64. The van der Waals surface area contributed by atoms with E-state index in [1.165, 1.54) is 0 Å². The van der Waals surface area contributed by atoms with Crippen molar-refractivity contribution in [3.63, 3.8) is 0 Å². The largest absolute Gasteiger partial charge is 0.384 e. The number of hydrogen-bond donors (Lipinski definition) is 1. The van der Waals surface area contributed by atoms with E-state index in [2.05, 4.69) is 20.1 Å². The third-order valence-electron chi connectivity index (χ3n) is 2.83. The molecule has 0 aliphatic rings. The van der Waals surface area contributed by atoms with Crippen LogP contribution in [-0.2, 0) is 12.8 Å². The fraction of sp³-hybridized carbons (Fsp3) is 0.538. The maximum absolute atomic E-state index is 5.85. The highest BCUT2D eigenvalue weighted by Gasteiger charge is 2.13. The van der Waals surface area contributed by atoms with E-state index in [1.54, 1.807) is 10.7 Å². The van der Waals surface area contributed by atoms with Gasteiger partial charge in [-0.25, -0.2) is 15.0 Å². The van der Waals surface area contributed by atoms with Gasteiger partial charge in [0.1, 0.15) is 17.5 Å². The molecule has 2 N–H and O–H groups in total. The van der Waals surface area contributed by atoms with Gasteiger partial charge in [0.15, 0.2) is 11.6 Å². The predicted molar refractivity (Wildman–Crippen MR) is 74.2 cm³/mol. The molecule has 2 aromatic heterocycles. The summed E-state index contributed by atoms with van der Waals surface area (Å²) in [6.07, 6.45) is 1.60. The Morgan fingerprint density at radius 1 is 1.16 bits per heavy atom. The van der Waals surface area contributed by atoms with Crippen LogP contribution >= 0.6 is 0 Å². The standard InChI is InChI=1S/C13H20N6/c1-5-10-16-11(6-2)19(18-10)12-7-9(14)15-13(17-12)8(3)4/h7-8H,5-6H2,1-4H3,(H2,14,15,17). The summed E-state index contributed by atoms with van der Waals surface area (Å²) in [5.41, 5.74) is 5.85. The Kier molecular flexibility index (Phi) is 3.78. The molecule has 0 amide bonds. The number of hydrogen-bond acceptors (Lipinski definition) is 5. The molecule has 19 heavy (non-hydrogen) atoms. The fourth-order valence-electron chi connectivity index (χ4n) is 1.79. The molecule has 0 aromatic carbocycles. The minimum absolute atomic E-state index is 0.224. The van der Waals surface area contributed by atoms with Crippen LogP contribution in [0.2, 0.25) is 0 Å². The molecular weight excluding hydrogens is 240 g/mol. The van der Waals surface area contributed by atoms with E-state index in [1.807, 2.05) is 27.7 Å². The first kappa shape index (κ1) is 13.5. The number of aryl methyl sites for hydroxylation is 2. The first-order valence-electron chi connectivity index (χ1n) is 6.64. The van der Waals surface area contributed by atoms with Crippen LogP contribution in [0, 0.1) is 0 Å². The molecule has 0 atom stereocenters. The van der Waals surface area contributed by atoms with Gasteiger partial charge in [0.05, 0.1) is 0 Å². The van der Waals surface area contributed by atoms with E-state index >= 15 is 0 Å². The molecular formula is C13H20N6. The predicted octanol–water partition coefficient (Wildman–Crippen LogP) is 1.89. The highest BCUT2D eigenvalue weighted by molar-refractivity contribution is 5.38. The van der Waals surface area contributed by atoms with Crippen molar-refractivity contribution in [3.8, 4) is 5.82 Å². The van der Waals surface area contributed by atoms with Crippen molar-refractivity contribution in [2.75, 3.05) is 5.73 Å². The van der Waals surface area contributed by atoms with Gasteiger partial charge in [0, 0.05) is 24.8 Å². The van der Waals surface area contributed by atoms with Gasteiger partial charge in [0.25, 0.3) is 0 Å².